The van der Waals surface area contributed by atoms with E-state index in [-0.39, 0.29) is 28.9 Å². The van der Waals surface area contributed by atoms with Gasteiger partial charge in [0.15, 0.2) is 5.75 Å². The number of nitro groups is 1. The summed E-state index contributed by atoms with van der Waals surface area (Å²) in [7, 11) is 1.31. The van der Waals surface area contributed by atoms with Crippen LogP contribution in [0.2, 0.25) is 0 Å². The van der Waals surface area contributed by atoms with Crippen molar-refractivity contribution in [1.29, 1.82) is 0 Å². The molecule has 0 aliphatic carbocycles. The van der Waals surface area contributed by atoms with Crippen LogP contribution in [0.15, 0.2) is 18.2 Å². The van der Waals surface area contributed by atoms with Gasteiger partial charge in [-0.05, 0) is 39.7 Å². The highest BCUT2D eigenvalue weighted by Crippen LogP contribution is 2.27. The summed E-state index contributed by atoms with van der Waals surface area (Å²) < 4.78 is 10.4. The minimum Gasteiger partial charge on any atom is -0.490 e. The number of nitrogens with one attached hydrogen (secondary N) is 1. The number of amides is 2. The van der Waals surface area contributed by atoms with Crippen molar-refractivity contribution in [2.45, 2.75) is 45.3 Å². The van der Waals surface area contributed by atoms with Gasteiger partial charge in [-0.25, -0.2) is 4.79 Å². The highest BCUT2D eigenvalue weighted by Gasteiger charge is 2.29. The smallest absolute Gasteiger partial charge is 0.410 e. The zero-order valence-corrected chi connectivity index (χ0v) is 16.0. The van der Waals surface area contributed by atoms with Gasteiger partial charge < -0.3 is 19.7 Å². The largest absolute Gasteiger partial charge is 0.490 e. The van der Waals surface area contributed by atoms with E-state index in [0.29, 0.717) is 13.1 Å². The maximum absolute atomic E-state index is 12.5. The molecule has 1 N–H and O–H groups in total. The number of nitro benzene ring substituents is 1. The molecule has 0 unspecified atom stereocenters. The van der Waals surface area contributed by atoms with E-state index < -0.39 is 16.6 Å². The fourth-order valence-corrected chi connectivity index (χ4v) is 2.83. The number of piperidine rings is 1. The van der Waals surface area contributed by atoms with Gasteiger partial charge in [-0.15, -0.1) is 0 Å². The lowest BCUT2D eigenvalue weighted by Gasteiger charge is -2.34. The first-order chi connectivity index (χ1) is 12.6. The third-order valence-electron chi connectivity index (χ3n) is 4.05. The van der Waals surface area contributed by atoms with Crippen LogP contribution in [-0.2, 0) is 4.74 Å². The van der Waals surface area contributed by atoms with E-state index in [1.165, 1.54) is 25.3 Å². The molecule has 2 amide bonds. The van der Waals surface area contributed by atoms with Crippen molar-refractivity contribution in [2.75, 3.05) is 20.2 Å². The molecule has 9 nitrogen and oxygen atoms in total. The Morgan fingerprint density at radius 1 is 1.33 bits per heavy atom. The van der Waals surface area contributed by atoms with Crippen molar-refractivity contribution in [2.24, 2.45) is 0 Å². The summed E-state index contributed by atoms with van der Waals surface area (Å²) in [6.45, 7) is 6.33. The molecular weight excluding hydrogens is 354 g/mol. The summed E-state index contributed by atoms with van der Waals surface area (Å²) in [5, 5.41) is 13.8. The first-order valence-electron chi connectivity index (χ1n) is 8.72. The predicted octanol–water partition coefficient (Wildman–Crippen LogP) is 2.73. The van der Waals surface area contributed by atoms with Gasteiger partial charge in [0.1, 0.15) is 5.60 Å². The molecule has 9 heteroatoms. The van der Waals surface area contributed by atoms with Crippen molar-refractivity contribution in [3.63, 3.8) is 0 Å². The number of hydrogen-bond acceptors (Lipinski definition) is 6. The van der Waals surface area contributed by atoms with E-state index in [1.54, 1.807) is 25.7 Å². The fraction of sp³-hybridized carbons (Fsp3) is 0.556. The first kappa shape index (κ1) is 20.5. The Hall–Kier alpha value is -2.84. The molecule has 1 aromatic carbocycles. The van der Waals surface area contributed by atoms with E-state index in [0.717, 1.165) is 12.8 Å². The zero-order valence-electron chi connectivity index (χ0n) is 16.0. The molecule has 1 heterocycles. The van der Waals surface area contributed by atoms with Crippen molar-refractivity contribution in [1.82, 2.24) is 10.2 Å². The molecule has 1 aliphatic heterocycles. The van der Waals surface area contributed by atoms with Crippen LogP contribution in [0.25, 0.3) is 0 Å². The number of ether oxygens (including phenoxy) is 2. The SMILES string of the molecule is COc1cc(C(=O)N[C@@H]2CCCN(C(=O)OC(C)(C)C)C2)ccc1[N+](=O)[O-]. The number of likely N-dealkylation sites (tertiary alicyclic amines) is 1. The standard InChI is InChI=1S/C18H25N3O6/c1-18(2,3)27-17(23)20-9-5-6-13(11-20)19-16(22)12-7-8-14(21(24)25)15(10-12)26-4/h7-8,10,13H,5-6,9,11H2,1-4H3,(H,19,22)/t13-/m1/s1. The molecule has 0 radical (unpaired) electrons. The minimum atomic E-state index is -0.581. The lowest BCUT2D eigenvalue weighted by molar-refractivity contribution is -0.385. The molecule has 1 aromatic rings. The summed E-state index contributed by atoms with van der Waals surface area (Å²) in [5.74, 6) is -0.356. The Bertz CT molecular complexity index is 728. The predicted molar refractivity (Wildman–Crippen MR) is 97.9 cm³/mol. The van der Waals surface area contributed by atoms with Gasteiger partial charge in [0.2, 0.25) is 0 Å². The summed E-state index contributed by atoms with van der Waals surface area (Å²) in [6, 6.07) is 3.73. The van der Waals surface area contributed by atoms with Crippen LogP contribution in [-0.4, -0.2) is 53.7 Å². The second kappa shape index (κ2) is 8.24. The topological polar surface area (TPSA) is 111 Å². The Morgan fingerprint density at radius 2 is 2.04 bits per heavy atom. The van der Waals surface area contributed by atoms with Gasteiger partial charge in [-0.1, -0.05) is 0 Å². The van der Waals surface area contributed by atoms with E-state index in [2.05, 4.69) is 5.32 Å². The Kier molecular flexibility index (Phi) is 6.24. The maximum atomic E-state index is 12.5. The molecule has 0 aromatic heterocycles. The number of carbonyl (C=O) groups is 2. The van der Waals surface area contributed by atoms with Crippen LogP contribution in [0.4, 0.5) is 10.5 Å². The van der Waals surface area contributed by atoms with Gasteiger partial charge in [0.25, 0.3) is 5.91 Å². The highest BCUT2D eigenvalue weighted by molar-refractivity contribution is 5.95. The Labute approximate surface area is 157 Å². The quantitative estimate of drug-likeness (QED) is 0.636. The van der Waals surface area contributed by atoms with Gasteiger partial charge in [-0.2, -0.15) is 0 Å². The summed E-state index contributed by atoms with van der Waals surface area (Å²) >= 11 is 0. The van der Waals surface area contributed by atoms with Gasteiger partial charge >= 0.3 is 11.8 Å². The molecule has 1 atom stereocenters. The van der Waals surface area contributed by atoms with Crippen LogP contribution in [0, 0.1) is 10.1 Å². The van der Waals surface area contributed by atoms with Crippen molar-refractivity contribution >= 4 is 17.7 Å². The zero-order chi connectivity index (χ0) is 20.2. The molecular formula is C18H25N3O6. The molecule has 148 valence electrons. The molecule has 0 bridgehead atoms. The average molecular weight is 379 g/mol. The number of rotatable bonds is 4. The number of hydrogen-bond donors (Lipinski definition) is 1. The second-order valence-corrected chi connectivity index (χ2v) is 7.38. The monoisotopic (exact) mass is 379 g/mol. The van der Waals surface area contributed by atoms with E-state index in [9.17, 15) is 19.7 Å². The minimum absolute atomic E-state index is 0.0201. The Balaban J connectivity index is 2.03. The van der Waals surface area contributed by atoms with Gasteiger partial charge in [-0.3, -0.25) is 14.9 Å². The van der Waals surface area contributed by atoms with Crippen LogP contribution in [0.1, 0.15) is 44.0 Å². The summed E-state index contributed by atoms with van der Waals surface area (Å²) in [5.41, 5.74) is -0.530. The van der Waals surface area contributed by atoms with E-state index >= 15 is 0 Å². The van der Waals surface area contributed by atoms with Crippen LogP contribution in [0.5, 0.6) is 5.75 Å². The summed E-state index contributed by atoms with van der Waals surface area (Å²) in [4.78, 5) is 36.7. The van der Waals surface area contributed by atoms with Crippen molar-refractivity contribution in [3.8, 4) is 5.75 Å². The van der Waals surface area contributed by atoms with Crippen LogP contribution in [0.3, 0.4) is 0 Å². The first-order valence-corrected chi connectivity index (χ1v) is 8.72. The van der Waals surface area contributed by atoms with Crippen molar-refractivity contribution < 1.29 is 24.0 Å². The molecule has 27 heavy (non-hydrogen) atoms. The normalized spacial score (nSPS) is 17.2. The summed E-state index contributed by atoms with van der Waals surface area (Å²) in [6.07, 6.45) is 1.07. The highest BCUT2D eigenvalue weighted by atomic mass is 16.6. The Morgan fingerprint density at radius 3 is 2.63 bits per heavy atom. The third kappa shape index (κ3) is 5.57. The third-order valence-corrected chi connectivity index (χ3v) is 4.05. The second-order valence-electron chi connectivity index (χ2n) is 7.38. The average Bonchev–Trinajstić information content (AvgIpc) is 2.59. The maximum Gasteiger partial charge on any atom is 0.410 e. The van der Waals surface area contributed by atoms with E-state index in [4.69, 9.17) is 9.47 Å². The molecule has 0 spiro atoms. The van der Waals surface area contributed by atoms with Crippen molar-refractivity contribution in [3.05, 3.63) is 33.9 Å². The molecule has 2 rings (SSSR count). The molecule has 1 saturated heterocycles. The molecule has 1 aliphatic rings. The number of benzene rings is 1. The number of methoxy groups -OCH3 is 1. The van der Waals surface area contributed by atoms with Gasteiger partial charge in [0.05, 0.1) is 12.0 Å². The number of carbonyl (C=O) groups excluding carboxylic acids is 2. The van der Waals surface area contributed by atoms with Gasteiger partial charge in [0, 0.05) is 36.8 Å². The van der Waals surface area contributed by atoms with E-state index in [1.807, 2.05) is 0 Å². The fourth-order valence-electron chi connectivity index (χ4n) is 2.83. The van der Waals surface area contributed by atoms with Crippen LogP contribution >= 0.6 is 0 Å². The van der Waals surface area contributed by atoms with Crippen LogP contribution < -0.4 is 10.1 Å². The lowest BCUT2D eigenvalue weighted by Crippen LogP contribution is -2.50. The molecule has 0 saturated carbocycles. The molecule has 1 fully saturated rings. The number of nitrogens with zero attached hydrogens (tertiary/aromatic N) is 2. The lowest BCUT2D eigenvalue weighted by atomic mass is 10.1.